The van der Waals surface area contributed by atoms with Crippen LogP contribution >= 0.6 is 0 Å². The monoisotopic (exact) mass is 501 g/mol. The van der Waals surface area contributed by atoms with Crippen LogP contribution in [0.15, 0.2) is 54.7 Å². The molecular weight excluding hydrogens is 481 g/mol. The van der Waals surface area contributed by atoms with E-state index in [2.05, 4.69) is 20.7 Å². The first-order valence-corrected chi connectivity index (χ1v) is 11.3. The third-order valence-corrected chi connectivity index (χ3v) is 5.87. The van der Waals surface area contributed by atoms with Crippen molar-refractivity contribution in [1.82, 2.24) is 25.2 Å². The zero-order valence-corrected chi connectivity index (χ0v) is 19.6. The zero-order valence-electron chi connectivity index (χ0n) is 19.6. The number of esters is 1. The summed E-state index contributed by atoms with van der Waals surface area (Å²) in [7, 11) is 0. The number of ether oxygens (including phenoxy) is 1. The van der Waals surface area contributed by atoms with Crippen LogP contribution in [0, 0.1) is 5.82 Å². The number of carbonyl (C=O) groups excluding carboxylic acids is 4. The summed E-state index contributed by atoms with van der Waals surface area (Å²) in [5.41, 5.74) is 1.96. The van der Waals surface area contributed by atoms with Crippen LogP contribution in [0.2, 0.25) is 0 Å². The molecule has 0 radical (unpaired) electrons. The minimum absolute atomic E-state index is 0.0359. The van der Waals surface area contributed by atoms with Gasteiger partial charge in [0.1, 0.15) is 17.1 Å². The molecular formula is C26H20FN5O5. The number of carbonyl (C=O) groups is 4. The summed E-state index contributed by atoms with van der Waals surface area (Å²) >= 11 is 0. The molecule has 3 heterocycles. The topological polar surface area (TPSA) is 132 Å². The maximum Gasteiger partial charge on any atom is 0.315 e. The van der Waals surface area contributed by atoms with Crippen LogP contribution in [0.4, 0.5) is 4.39 Å². The van der Waals surface area contributed by atoms with Crippen LogP contribution < -0.4 is 15.4 Å². The van der Waals surface area contributed by atoms with E-state index in [1.165, 1.54) is 13.0 Å². The Morgan fingerprint density at radius 1 is 1.05 bits per heavy atom. The lowest BCUT2D eigenvalue weighted by molar-refractivity contribution is -0.131. The molecule has 1 aliphatic heterocycles. The van der Waals surface area contributed by atoms with Gasteiger partial charge in [0.2, 0.25) is 0 Å². The molecule has 2 amide bonds. The van der Waals surface area contributed by atoms with E-state index < -0.39 is 17.6 Å². The Balaban J connectivity index is 1.36. The number of aromatic nitrogens is 3. The summed E-state index contributed by atoms with van der Waals surface area (Å²) in [6.07, 6.45) is 1.06. The van der Waals surface area contributed by atoms with Crippen molar-refractivity contribution in [2.45, 2.75) is 26.4 Å². The number of amides is 2. The zero-order chi connectivity index (χ0) is 26.1. The van der Waals surface area contributed by atoms with Gasteiger partial charge in [0.25, 0.3) is 11.8 Å². The van der Waals surface area contributed by atoms with E-state index in [1.807, 2.05) is 0 Å². The Bertz CT molecular complexity index is 1600. The number of hydrogen-bond acceptors (Lipinski definition) is 7. The smallest absolute Gasteiger partial charge is 0.315 e. The lowest BCUT2D eigenvalue weighted by Crippen LogP contribution is -2.29. The Morgan fingerprint density at radius 3 is 2.65 bits per heavy atom. The number of benzene rings is 2. The maximum atomic E-state index is 14.3. The predicted octanol–water partition coefficient (Wildman–Crippen LogP) is 2.39. The highest BCUT2D eigenvalue weighted by atomic mass is 19.1. The largest absolute Gasteiger partial charge is 0.426 e. The molecule has 2 N–H and O–H groups in total. The molecule has 0 bridgehead atoms. The predicted molar refractivity (Wildman–Crippen MR) is 128 cm³/mol. The van der Waals surface area contributed by atoms with E-state index in [1.54, 1.807) is 42.5 Å². The molecule has 1 aliphatic rings. The number of ketones is 1. The Kier molecular flexibility index (Phi) is 6.18. The van der Waals surface area contributed by atoms with Crippen LogP contribution in [-0.4, -0.2) is 38.2 Å². The lowest BCUT2D eigenvalue weighted by Gasteiger charge is -2.11. The van der Waals surface area contributed by atoms with E-state index in [9.17, 15) is 23.6 Å². The van der Waals surface area contributed by atoms with Gasteiger partial charge in [-0.05, 0) is 30.2 Å². The first kappa shape index (κ1) is 23.8. The van der Waals surface area contributed by atoms with Gasteiger partial charge >= 0.3 is 5.97 Å². The minimum atomic E-state index is -0.797. The molecule has 0 saturated heterocycles. The second-order valence-corrected chi connectivity index (χ2v) is 8.43. The van der Waals surface area contributed by atoms with Crippen molar-refractivity contribution in [3.05, 3.63) is 94.2 Å². The number of hydrogen-bond donors (Lipinski definition) is 2. The van der Waals surface area contributed by atoms with Gasteiger partial charge in [0, 0.05) is 30.3 Å². The highest BCUT2D eigenvalue weighted by molar-refractivity contribution is 5.99. The standard InChI is InChI=1S/C26H20FN5O5/c1-14(33)18-5-3-2-4-16(18)12-29-26(36)21-10-20(31-24-19(27)13-30-32(21)24)25(35)28-11-15-6-7-22-17(8-15)9-23(34)37-22/h2-8,10,13H,9,11-12H2,1H3,(H,28,35)(H,29,36). The van der Waals surface area contributed by atoms with Crippen molar-refractivity contribution in [2.24, 2.45) is 0 Å². The van der Waals surface area contributed by atoms with Crippen LogP contribution in [-0.2, 0) is 24.3 Å². The SMILES string of the molecule is CC(=O)c1ccccc1CNC(=O)c1cc(C(=O)NCc2ccc3c(c2)CC(=O)O3)nc2c(F)cnn12. The number of nitrogens with zero attached hydrogens (tertiary/aromatic N) is 3. The summed E-state index contributed by atoms with van der Waals surface area (Å²) in [6, 6.07) is 13.2. The van der Waals surface area contributed by atoms with E-state index >= 15 is 0 Å². The molecule has 2 aromatic carbocycles. The Morgan fingerprint density at radius 2 is 1.84 bits per heavy atom. The number of nitrogens with one attached hydrogen (secondary N) is 2. The molecule has 0 aliphatic carbocycles. The van der Waals surface area contributed by atoms with Gasteiger partial charge in [0.15, 0.2) is 17.2 Å². The van der Waals surface area contributed by atoms with Crippen LogP contribution in [0.3, 0.4) is 0 Å². The molecule has 0 fully saturated rings. The van der Waals surface area contributed by atoms with Crippen LogP contribution in [0.25, 0.3) is 5.65 Å². The average Bonchev–Trinajstić information content (AvgIpc) is 3.46. The summed E-state index contributed by atoms with van der Waals surface area (Å²) < 4.78 is 20.4. The normalized spacial score (nSPS) is 12.2. The molecule has 4 aromatic rings. The molecule has 10 nitrogen and oxygen atoms in total. The van der Waals surface area contributed by atoms with E-state index in [0.29, 0.717) is 16.9 Å². The fourth-order valence-electron chi connectivity index (χ4n) is 4.07. The van der Waals surface area contributed by atoms with Gasteiger partial charge in [-0.25, -0.2) is 13.9 Å². The van der Waals surface area contributed by atoms with Gasteiger partial charge < -0.3 is 15.4 Å². The van der Waals surface area contributed by atoms with Gasteiger partial charge in [-0.1, -0.05) is 30.3 Å². The van der Waals surface area contributed by atoms with Crippen molar-refractivity contribution in [2.75, 3.05) is 0 Å². The quantitative estimate of drug-likeness (QED) is 0.226. The highest BCUT2D eigenvalue weighted by Gasteiger charge is 2.22. The summed E-state index contributed by atoms with van der Waals surface area (Å²) in [6.45, 7) is 1.58. The maximum absolute atomic E-state index is 14.3. The Labute approximate surface area is 209 Å². The van der Waals surface area contributed by atoms with E-state index in [0.717, 1.165) is 21.8 Å². The van der Waals surface area contributed by atoms with Crippen molar-refractivity contribution >= 4 is 29.2 Å². The second-order valence-electron chi connectivity index (χ2n) is 8.43. The van der Waals surface area contributed by atoms with Gasteiger partial charge in [-0.2, -0.15) is 5.10 Å². The summed E-state index contributed by atoms with van der Waals surface area (Å²) in [5.74, 6) is -2.06. The number of Topliss-reactive ketones (excluding diaryl/α,β-unsaturated/α-hetero) is 1. The lowest BCUT2D eigenvalue weighted by atomic mass is 10.0. The highest BCUT2D eigenvalue weighted by Crippen LogP contribution is 2.26. The van der Waals surface area contributed by atoms with Gasteiger partial charge in [0.05, 0.1) is 12.6 Å². The molecule has 0 saturated carbocycles. The summed E-state index contributed by atoms with van der Waals surface area (Å²) in [5, 5.41) is 9.25. The van der Waals surface area contributed by atoms with E-state index in [-0.39, 0.29) is 48.3 Å². The average molecular weight is 501 g/mol. The minimum Gasteiger partial charge on any atom is -0.426 e. The van der Waals surface area contributed by atoms with Crippen molar-refractivity contribution in [3.63, 3.8) is 0 Å². The first-order chi connectivity index (χ1) is 17.8. The number of fused-ring (bicyclic) bond motifs is 2. The fourth-order valence-corrected chi connectivity index (χ4v) is 4.07. The van der Waals surface area contributed by atoms with Gasteiger partial charge in [-0.3, -0.25) is 19.2 Å². The van der Waals surface area contributed by atoms with Crippen LogP contribution in [0.5, 0.6) is 5.75 Å². The van der Waals surface area contributed by atoms with Crippen molar-refractivity contribution < 1.29 is 28.3 Å². The molecule has 11 heteroatoms. The molecule has 5 rings (SSSR count). The molecule has 0 spiro atoms. The Hall–Kier alpha value is -4.93. The molecule has 37 heavy (non-hydrogen) atoms. The molecule has 0 unspecified atom stereocenters. The van der Waals surface area contributed by atoms with Gasteiger partial charge in [-0.15, -0.1) is 0 Å². The number of rotatable bonds is 7. The van der Waals surface area contributed by atoms with Crippen molar-refractivity contribution in [3.8, 4) is 5.75 Å². The molecule has 0 atom stereocenters. The second kappa shape index (κ2) is 9.61. The third kappa shape index (κ3) is 4.79. The van der Waals surface area contributed by atoms with Crippen LogP contribution in [0.1, 0.15) is 54.9 Å². The first-order valence-electron chi connectivity index (χ1n) is 11.3. The fraction of sp³-hybridized carbons (Fsp3) is 0.154. The summed E-state index contributed by atoms with van der Waals surface area (Å²) in [4.78, 5) is 53.3. The third-order valence-electron chi connectivity index (χ3n) is 5.87. The van der Waals surface area contributed by atoms with E-state index in [4.69, 9.17) is 4.74 Å². The van der Waals surface area contributed by atoms with Crippen molar-refractivity contribution in [1.29, 1.82) is 0 Å². The molecule has 2 aromatic heterocycles. The number of halogens is 1. The molecule has 186 valence electrons.